The number of benzene rings is 2. The normalized spacial score (nSPS) is 13.5. The zero-order valence-corrected chi connectivity index (χ0v) is 19.4. The van der Waals surface area contributed by atoms with E-state index in [9.17, 15) is 4.79 Å². The third kappa shape index (κ3) is 5.40. The topological polar surface area (TPSA) is 120 Å². The Bertz CT molecular complexity index is 1310. The molecule has 178 valence electrons. The predicted octanol–water partition coefficient (Wildman–Crippen LogP) is 5.65. The van der Waals surface area contributed by atoms with Crippen LogP contribution in [0, 0.1) is 6.92 Å². The van der Waals surface area contributed by atoms with Crippen molar-refractivity contribution in [1.29, 1.82) is 0 Å². The highest BCUT2D eigenvalue weighted by atomic mass is 16.5. The number of nitrogens with zero attached hydrogens (tertiary/aromatic N) is 4. The second-order valence-corrected chi connectivity index (χ2v) is 8.67. The van der Waals surface area contributed by atoms with Crippen molar-refractivity contribution >= 4 is 23.4 Å². The van der Waals surface area contributed by atoms with Gasteiger partial charge in [-0.2, -0.15) is 5.10 Å². The van der Waals surface area contributed by atoms with E-state index in [0.29, 0.717) is 34.9 Å². The number of urea groups is 1. The van der Waals surface area contributed by atoms with Gasteiger partial charge in [-0.15, -0.1) is 0 Å². The van der Waals surface area contributed by atoms with Crippen molar-refractivity contribution in [2.24, 2.45) is 0 Å². The molecule has 0 spiro atoms. The second-order valence-electron chi connectivity index (χ2n) is 8.67. The molecule has 0 unspecified atom stereocenters. The Morgan fingerprint density at radius 2 is 1.74 bits per heavy atom. The van der Waals surface area contributed by atoms with Crippen LogP contribution < -0.4 is 21.1 Å². The van der Waals surface area contributed by atoms with Gasteiger partial charge >= 0.3 is 6.03 Å². The van der Waals surface area contributed by atoms with E-state index in [1.165, 1.54) is 30.8 Å². The van der Waals surface area contributed by atoms with Crippen LogP contribution in [0.5, 0.6) is 11.6 Å². The Balaban J connectivity index is 1.29. The zero-order valence-electron chi connectivity index (χ0n) is 19.4. The molecule has 0 atom stereocenters. The molecule has 2 aromatic carbocycles. The van der Waals surface area contributed by atoms with E-state index in [2.05, 4.69) is 20.6 Å². The first kappa shape index (κ1) is 22.4. The number of nitrogen functional groups attached to an aromatic ring is 1. The molecule has 1 aliphatic carbocycles. The van der Waals surface area contributed by atoms with Gasteiger partial charge in [0.15, 0.2) is 0 Å². The van der Waals surface area contributed by atoms with E-state index in [1.54, 1.807) is 28.9 Å². The van der Waals surface area contributed by atoms with Crippen molar-refractivity contribution in [3.05, 3.63) is 78.2 Å². The number of nitrogens with one attached hydrogen (secondary N) is 2. The first-order chi connectivity index (χ1) is 17.0. The minimum atomic E-state index is -0.353. The highest BCUT2D eigenvalue weighted by Gasteiger charge is 2.22. The Morgan fingerprint density at radius 1 is 1.00 bits per heavy atom. The molecule has 0 aliphatic heterocycles. The smallest absolute Gasteiger partial charge is 0.324 e. The van der Waals surface area contributed by atoms with Gasteiger partial charge in [-0.25, -0.2) is 19.4 Å². The van der Waals surface area contributed by atoms with Crippen molar-refractivity contribution in [3.63, 3.8) is 0 Å². The standard InChI is InChI=1S/C26H27N7O2/c1-17-6-10-20(11-7-17)33-24(14-22(32-33)18-4-2-3-5-18)31-26(34)30-19-8-12-21(13-9-19)35-25-15-23(27)28-16-29-25/h6-16,18H,2-5H2,1H3,(H2,27,28,29)(H2,30,31,34). The predicted molar refractivity (Wildman–Crippen MR) is 135 cm³/mol. The molecular formula is C26H27N7O2. The summed E-state index contributed by atoms with van der Waals surface area (Å²) in [5.74, 6) is 2.30. The minimum absolute atomic E-state index is 0.325. The van der Waals surface area contributed by atoms with Gasteiger partial charge in [0.25, 0.3) is 0 Å². The van der Waals surface area contributed by atoms with E-state index in [4.69, 9.17) is 15.6 Å². The van der Waals surface area contributed by atoms with Crippen LogP contribution in [-0.4, -0.2) is 25.8 Å². The van der Waals surface area contributed by atoms with Crippen LogP contribution in [0.15, 0.2) is 67.0 Å². The number of hydrogen-bond donors (Lipinski definition) is 3. The van der Waals surface area contributed by atoms with Crippen molar-refractivity contribution in [2.75, 3.05) is 16.4 Å². The first-order valence-electron chi connectivity index (χ1n) is 11.6. The number of carbonyl (C=O) groups is 1. The lowest BCUT2D eigenvalue weighted by Crippen LogP contribution is -2.21. The number of carbonyl (C=O) groups excluding carboxylic acids is 1. The molecule has 35 heavy (non-hydrogen) atoms. The highest BCUT2D eigenvalue weighted by Crippen LogP contribution is 2.35. The maximum absolute atomic E-state index is 12.8. The number of rotatable bonds is 6. The summed E-state index contributed by atoms with van der Waals surface area (Å²) in [7, 11) is 0. The fraction of sp³-hybridized carbons (Fsp3) is 0.231. The fourth-order valence-corrected chi connectivity index (χ4v) is 4.21. The quantitative estimate of drug-likeness (QED) is 0.336. The zero-order chi connectivity index (χ0) is 24.2. The molecule has 9 nitrogen and oxygen atoms in total. The Labute approximate surface area is 203 Å². The highest BCUT2D eigenvalue weighted by molar-refractivity contribution is 5.99. The number of hydrogen-bond acceptors (Lipinski definition) is 6. The molecule has 0 saturated heterocycles. The van der Waals surface area contributed by atoms with Crippen molar-refractivity contribution in [1.82, 2.24) is 19.7 Å². The third-order valence-electron chi connectivity index (χ3n) is 6.02. The van der Waals surface area contributed by atoms with Crippen LogP contribution in [0.25, 0.3) is 5.69 Å². The van der Waals surface area contributed by atoms with Gasteiger partial charge in [0.05, 0.1) is 11.4 Å². The van der Waals surface area contributed by atoms with Crippen LogP contribution in [0.3, 0.4) is 0 Å². The monoisotopic (exact) mass is 469 g/mol. The summed E-state index contributed by atoms with van der Waals surface area (Å²) in [6.45, 7) is 2.04. The summed E-state index contributed by atoms with van der Waals surface area (Å²) in [4.78, 5) is 20.7. The third-order valence-corrected chi connectivity index (χ3v) is 6.02. The summed E-state index contributed by atoms with van der Waals surface area (Å²) in [5, 5.41) is 10.7. The second kappa shape index (κ2) is 9.84. The number of aromatic nitrogens is 4. The van der Waals surface area contributed by atoms with E-state index < -0.39 is 0 Å². The molecule has 2 heterocycles. The lowest BCUT2D eigenvalue weighted by Gasteiger charge is -2.11. The molecule has 1 saturated carbocycles. The molecule has 5 rings (SSSR count). The number of amides is 2. The molecule has 0 radical (unpaired) electrons. The number of nitrogens with two attached hydrogens (primary N) is 1. The van der Waals surface area contributed by atoms with Gasteiger partial charge < -0.3 is 15.8 Å². The molecule has 9 heteroatoms. The average molecular weight is 470 g/mol. The summed E-state index contributed by atoms with van der Waals surface area (Å²) in [6.07, 6.45) is 6.04. The molecule has 1 fully saturated rings. The van der Waals surface area contributed by atoms with Crippen LogP contribution in [0.2, 0.25) is 0 Å². The van der Waals surface area contributed by atoms with Crippen LogP contribution in [0.4, 0.5) is 22.1 Å². The van der Waals surface area contributed by atoms with E-state index >= 15 is 0 Å². The Morgan fingerprint density at radius 3 is 2.46 bits per heavy atom. The summed E-state index contributed by atoms with van der Waals surface area (Å²) >= 11 is 0. The summed E-state index contributed by atoms with van der Waals surface area (Å²) in [6, 6.07) is 18.2. The SMILES string of the molecule is Cc1ccc(-n2nc(C3CCCC3)cc2NC(=O)Nc2ccc(Oc3cc(N)ncn3)cc2)cc1. The van der Waals surface area contributed by atoms with Crippen molar-refractivity contribution in [2.45, 2.75) is 38.5 Å². The van der Waals surface area contributed by atoms with Gasteiger partial charge in [0, 0.05) is 23.7 Å². The molecule has 0 bridgehead atoms. The van der Waals surface area contributed by atoms with E-state index in [0.717, 1.165) is 24.2 Å². The fourth-order valence-electron chi connectivity index (χ4n) is 4.21. The molecule has 4 aromatic rings. The van der Waals surface area contributed by atoms with Crippen molar-refractivity contribution in [3.8, 4) is 17.3 Å². The Hall–Kier alpha value is -4.40. The number of anilines is 3. The molecule has 4 N–H and O–H groups in total. The van der Waals surface area contributed by atoms with Gasteiger partial charge in [0.2, 0.25) is 5.88 Å². The molecule has 2 amide bonds. The van der Waals surface area contributed by atoms with Gasteiger partial charge in [-0.05, 0) is 56.2 Å². The first-order valence-corrected chi connectivity index (χ1v) is 11.6. The van der Waals surface area contributed by atoms with Crippen molar-refractivity contribution < 1.29 is 9.53 Å². The largest absolute Gasteiger partial charge is 0.439 e. The van der Waals surface area contributed by atoms with E-state index in [1.807, 2.05) is 37.3 Å². The van der Waals surface area contributed by atoms with Crippen LogP contribution >= 0.6 is 0 Å². The van der Waals surface area contributed by atoms with E-state index in [-0.39, 0.29) is 6.03 Å². The number of ether oxygens (including phenoxy) is 1. The summed E-state index contributed by atoms with van der Waals surface area (Å²) < 4.78 is 7.47. The van der Waals surface area contributed by atoms with Gasteiger partial charge in [-0.3, -0.25) is 5.32 Å². The molecular weight excluding hydrogens is 442 g/mol. The van der Waals surface area contributed by atoms with Crippen LogP contribution in [0.1, 0.15) is 42.9 Å². The lowest BCUT2D eigenvalue weighted by molar-refractivity contribution is 0.262. The Kier molecular flexibility index (Phi) is 6.30. The molecule has 2 aromatic heterocycles. The lowest BCUT2D eigenvalue weighted by atomic mass is 10.0. The number of aryl methyl sites for hydroxylation is 1. The van der Waals surface area contributed by atoms with Crippen LogP contribution in [-0.2, 0) is 0 Å². The average Bonchev–Trinajstić information content (AvgIpc) is 3.51. The maximum Gasteiger partial charge on any atom is 0.324 e. The van der Waals surface area contributed by atoms with Gasteiger partial charge in [0.1, 0.15) is 23.7 Å². The molecule has 1 aliphatic rings. The minimum Gasteiger partial charge on any atom is -0.439 e. The van der Waals surface area contributed by atoms with Gasteiger partial charge in [-0.1, -0.05) is 30.5 Å². The maximum atomic E-state index is 12.8. The summed E-state index contributed by atoms with van der Waals surface area (Å²) in [5.41, 5.74) is 9.36.